The Morgan fingerprint density at radius 2 is 2.00 bits per heavy atom. The molecule has 154 valence electrons. The highest BCUT2D eigenvalue weighted by Gasteiger charge is 2.33. The van der Waals surface area contributed by atoms with Crippen LogP contribution in [0.5, 0.6) is 11.5 Å². The molecule has 0 aliphatic carbocycles. The van der Waals surface area contributed by atoms with E-state index in [-0.39, 0.29) is 23.4 Å². The summed E-state index contributed by atoms with van der Waals surface area (Å²) in [7, 11) is 1.35. The van der Waals surface area contributed by atoms with E-state index in [4.69, 9.17) is 9.57 Å². The number of anilines is 1. The predicted molar refractivity (Wildman–Crippen MR) is 105 cm³/mol. The Bertz CT molecular complexity index is 904. The van der Waals surface area contributed by atoms with E-state index in [1.807, 2.05) is 31.2 Å². The van der Waals surface area contributed by atoms with Crippen LogP contribution in [0.25, 0.3) is 0 Å². The zero-order chi connectivity index (χ0) is 21.0. The van der Waals surface area contributed by atoms with Gasteiger partial charge in [0.05, 0.1) is 13.3 Å². The third kappa shape index (κ3) is 4.64. The van der Waals surface area contributed by atoms with Crippen LogP contribution in [0.15, 0.2) is 47.6 Å². The highest BCUT2D eigenvalue weighted by atomic mass is 19.3. The zero-order valence-electron chi connectivity index (χ0n) is 16.3. The van der Waals surface area contributed by atoms with Gasteiger partial charge in [-0.05, 0) is 50.1 Å². The van der Waals surface area contributed by atoms with Crippen molar-refractivity contribution in [2.24, 2.45) is 5.16 Å². The van der Waals surface area contributed by atoms with Crippen molar-refractivity contribution in [2.75, 3.05) is 12.0 Å². The molecule has 1 heterocycles. The van der Waals surface area contributed by atoms with E-state index in [1.54, 1.807) is 11.8 Å². The number of methoxy groups -OCH3 is 1. The lowest BCUT2D eigenvalue weighted by Gasteiger charge is -2.24. The molecule has 8 heteroatoms. The summed E-state index contributed by atoms with van der Waals surface area (Å²) in [5.41, 5.74) is 2.56. The minimum atomic E-state index is -2.95. The first-order valence-corrected chi connectivity index (χ1v) is 9.13. The number of hydrogen-bond donors (Lipinski definition) is 0. The van der Waals surface area contributed by atoms with Crippen molar-refractivity contribution >= 4 is 17.8 Å². The summed E-state index contributed by atoms with van der Waals surface area (Å²) in [5, 5.41) is 3.86. The van der Waals surface area contributed by atoms with Gasteiger partial charge in [0.15, 0.2) is 11.5 Å². The fourth-order valence-electron chi connectivity index (χ4n) is 3.28. The summed E-state index contributed by atoms with van der Waals surface area (Å²) in [6, 6.07) is 12.2. The maximum atomic E-state index is 12.8. The number of rotatable bonds is 7. The summed E-state index contributed by atoms with van der Waals surface area (Å²) in [5.74, 6) is -0.121. The van der Waals surface area contributed by atoms with Gasteiger partial charge in [0.2, 0.25) is 6.10 Å². The highest BCUT2D eigenvalue weighted by Crippen LogP contribution is 2.32. The van der Waals surface area contributed by atoms with Gasteiger partial charge in [0.1, 0.15) is 0 Å². The molecule has 6 nitrogen and oxygen atoms in total. The average molecular weight is 404 g/mol. The first-order chi connectivity index (χ1) is 13.9. The second kappa shape index (κ2) is 8.89. The lowest BCUT2D eigenvalue weighted by molar-refractivity contribution is -0.129. The summed E-state index contributed by atoms with van der Waals surface area (Å²) < 4.78 is 34.2. The number of halogens is 2. The van der Waals surface area contributed by atoms with Crippen molar-refractivity contribution in [1.82, 2.24) is 0 Å². The molecule has 2 atom stereocenters. The molecule has 0 fully saturated rings. The maximum Gasteiger partial charge on any atom is 0.387 e. The molecular weight excluding hydrogens is 382 g/mol. The van der Waals surface area contributed by atoms with Crippen molar-refractivity contribution in [1.29, 1.82) is 0 Å². The van der Waals surface area contributed by atoms with Crippen LogP contribution in [0.2, 0.25) is 0 Å². The molecule has 3 rings (SSSR count). The molecule has 0 radical (unpaired) electrons. The van der Waals surface area contributed by atoms with Crippen molar-refractivity contribution in [3.05, 3.63) is 53.6 Å². The number of benzene rings is 2. The molecule has 0 unspecified atom stereocenters. The molecule has 2 aromatic rings. The Morgan fingerprint density at radius 3 is 2.72 bits per heavy atom. The van der Waals surface area contributed by atoms with Crippen molar-refractivity contribution < 1.29 is 27.9 Å². The number of oxime groups is 1. The number of hydrogen-bond acceptors (Lipinski definition) is 5. The average Bonchev–Trinajstić information content (AvgIpc) is 3.03. The lowest BCUT2D eigenvalue weighted by atomic mass is 10.1. The summed E-state index contributed by atoms with van der Waals surface area (Å²) in [4.78, 5) is 19.9. The summed E-state index contributed by atoms with van der Waals surface area (Å²) in [6.07, 6.45) is 1.38. The third-order valence-electron chi connectivity index (χ3n) is 4.62. The van der Waals surface area contributed by atoms with Crippen LogP contribution < -0.4 is 14.4 Å². The topological polar surface area (TPSA) is 60.4 Å². The maximum absolute atomic E-state index is 12.8. The van der Waals surface area contributed by atoms with Crippen LogP contribution in [0.3, 0.4) is 0 Å². The minimum Gasteiger partial charge on any atom is -0.493 e. The van der Waals surface area contributed by atoms with Crippen molar-refractivity contribution in [2.45, 2.75) is 39.0 Å². The van der Waals surface area contributed by atoms with Crippen LogP contribution >= 0.6 is 0 Å². The van der Waals surface area contributed by atoms with Crippen molar-refractivity contribution in [3.63, 3.8) is 0 Å². The molecule has 0 saturated carbocycles. The van der Waals surface area contributed by atoms with Gasteiger partial charge in [-0.2, -0.15) is 8.78 Å². The van der Waals surface area contributed by atoms with Crippen LogP contribution in [-0.4, -0.2) is 38.0 Å². The van der Waals surface area contributed by atoms with Gasteiger partial charge in [-0.25, -0.2) is 0 Å². The molecule has 0 spiro atoms. The number of carbonyl (C=O) groups excluding carboxylic acids is 1. The van der Waals surface area contributed by atoms with E-state index in [1.165, 1.54) is 31.5 Å². The number of fused-ring (bicyclic) bond motifs is 1. The van der Waals surface area contributed by atoms with E-state index in [0.717, 1.165) is 17.7 Å². The summed E-state index contributed by atoms with van der Waals surface area (Å²) in [6.45, 7) is 0.674. The van der Waals surface area contributed by atoms with Crippen LogP contribution in [-0.2, 0) is 16.1 Å². The van der Waals surface area contributed by atoms with Crippen LogP contribution in [0.4, 0.5) is 14.5 Å². The number of nitrogens with zero attached hydrogens (tertiary/aromatic N) is 2. The predicted octanol–water partition coefficient (Wildman–Crippen LogP) is 4.01. The number of alkyl halides is 2. The van der Waals surface area contributed by atoms with E-state index < -0.39 is 12.7 Å². The fraction of sp³-hybridized carbons (Fsp3) is 0.333. The van der Waals surface area contributed by atoms with Gasteiger partial charge in [0.25, 0.3) is 5.91 Å². The van der Waals surface area contributed by atoms with E-state index >= 15 is 0 Å². The number of carbonyl (C=O) groups is 1. The molecule has 1 amide bonds. The van der Waals surface area contributed by atoms with Gasteiger partial charge >= 0.3 is 6.61 Å². The van der Waals surface area contributed by atoms with Crippen LogP contribution in [0.1, 0.15) is 25.0 Å². The van der Waals surface area contributed by atoms with Gasteiger partial charge in [-0.15, -0.1) is 0 Å². The number of para-hydroxylation sites is 1. The van der Waals surface area contributed by atoms with E-state index in [0.29, 0.717) is 5.56 Å². The zero-order valence-corrected chi connectivity index (χ0v) is 16.3. The Kier molecular flexibility index (Phi) is 6.31. The van der Waals surface area contributed by atoms with E-state index in [9.17, 15) is 13.6 Å². The fourth-order valence-corrected chi connectivity index (χ4v) is 3.28. The summed E-state index contributed by atoms with van der Waals surface area (Å²) >= 11 is 0. The lowest BCUT2D eigenvalue weighted by Crippen LogP contribution is -2.42. The molecule has 0 N–H and O–H groups in total. The smallest absolute Gasteiger partial charge is 0.387 e. The SMILES string of the molecule is COc1cc(/C=N\O[C@H](C)C(=O)N2c3ccccc3C[C@@H]2C)ccc1OC(F)F. The first kappa shape index (κ1) is 20.6. The molecular formula is C21H22F2N2O4. The van der Waals surface area contributed by atoms with Gasteiger partial charge in [0, 0.05) is 17.3 Å². The second-order valence-electron chi connectivity index (χ2n) is 6.66. The standard InChI is InChI=1S/C21H22F2N2O4/c1-13-10-16-6-4-5-7-17(16)25(13)20(26)14(2)29-24-12-15-8-9-18(28-21(22)23)19(11-15)27-3/h4-9,11-14,21H,10H2,1-3H3/b24-12-/t13-,14+/m0/s1. The third-order valence-corrected chi connectivity index (χ3v) is 4.62. The quantitative estimate of drug-likeness (QED) is 0.517. The van der Waals surface area contributed by atoms with Crippen molar-refractivity contribution in [3.8, 4) is 11.5 Å². The molecule has 29 heavy (non-hydrogen) atoms. The van der Waals surface area contributed by atoms with Gasteiger partial charge in [-0.3, -0.25) is 4.79 Å². The van der Waals surface area contributed by atoms with E-state index in [2.05, 4.69) is 9.89 Å². The largest absolute Gasteiger partial charge is 0.493 e. The number of amides is 1. The first-order valence-electron chi connectivity index (χ1n) is 9.13. The molecule has 1 aliphatic rings. The van der Waals surface area contributed by atoms with Gasteiger partial charge in [-0.1, -0.05) is 23.4 Å². The number of ether oxygens (including phenoxy) is 2. The second-order valence-corrected chi connectivity index (χ2v) is 6.66. The molecule has 0 saturated heterocycles. The monoisotopic (exact) mass is 404 g/mol. The normalized spacial score (nSPS) is 16.8. The van der Waals surface area contributed by atoms with Gasteiger partial charge < -0.3 is 19.2 Å². The highest BCUT2D eigenvalue weighted by molar-refractivity contribution is 5.98. The molecule has 2 aromatic carbocycles. The Labute approximate surface area is 167 Å². The Morgan fingerprint density at radius 1 is 1.24 bits per heavy atom. The molecule has 0 bridgehead atoms. The van der Waals surface area contributed by atoms with Crippen LogP contribution in [0, 0.1) is 0 Å². The molecule has 1 aliphatic heterocycles. The minimum absolute atomic E-state index is 0.0431. The Balaban J connectivity index is 1.65. The Hall–Kier alpha value is -3.16. The molecule has 0 aromatic heterocycles.